The Bertz CT molecular complexity index is 689. The molecule has 24 heavy (non-hydrogen) atoms. The van der Waals surface area contributed by atoms with Crippen LogP contribution in [0.3, 0.4) is 0 Å². The largest absolute Gasteiger partial charge is 0.336 e. The van der Waals surface area contributed by atoms with Gasteiger partial charge in [-0.1, -0.05) is 52.3 Å². The maximum absolute atomic E-state index is 12.7. The Balaban J connectivity index is 1.56. The molecule has 1 fully saturated rings. The van der Waals surface area contributed by atoms with Crippen molar-refractivity contribution in [3.63, 3.8) is 0 Å². The first kappa shape index (κ1) is 17.2. The third-order valence-electron chi connectivity index (χ3n) is 4.65. The molecule has 0 saturated carbocycles. The van der Waals surface area contributed by atoms with Gasteiger partial charge in [0.05, 0.1) is 0 Å². The molecule has 0 aromatic heterocycles. The monoisotopic (exact) mass is 386 g/mol. The molecule has 0 N–H and O–H groups in total. The predicted molar refractivity (Wildman–Crippen MR) is 101 cm³/mol. The van der Waals surface area contributed by atoms with E-state index in [4.69, 9.17) is 0 Å². The third kappa shape index (κ3) is 4.25. The van der Waals surface area contributed by atoms with Crippen LogP contribution in [-0.2, 0) is 6.42 Å². The van der Waals surface area contributed by atoms with Gasteiger partial charge in [-0.25, -0.2) is 0 Å². The van der Waals surface area contributed by atoms with Gasteiger partial charge in [0.2, 0.25) is 0 Å². The van der Waals surface area contributed by atoms with E-state index >= 15 is 0 Å². The van der Waals surface area contributed by atoms with Crippen molar-refractivity contribution in [3.05, 3.63) is 70.2 Å². The molecule has 1 heterocycles. The molecule has 4 heteroatoms. The molecule has 2 aromatic rings. The van der Waals surface area contributed by atoms with Crippen molar-refractivity contribution in [1.82, 2.24) is 9.80 Å². The lowest BCUT2D eigenvalue weighted by atomic mass is 10.1. The summed E-state index contributed by atoms with van der Waals surface area (Å²) in [4.78, 5) is 17.1. The molecule has 1 aliphatic rings. The molecule has 0 radical (unpaired) electrons. The standard InChI is InChI=1S/C20H23BrN2O/c1-16-15-23(20(24)18-8-5-9-19(21)14-18)13-12-22(16)11-10-17-6-3-2-4-7-17/h2-9,14,16H,10-13,15H2,1H3. The summed E-state index contributed by atoms with van der Waals surface area (Å²) < 4.78 is 0.947. The van der Waals surface area contributed by atoms with Crippen LogP contribution in [0, 0.1) is 0 Å². The zero-order chi connectivity index (χ0) is 16.9. The summed E-state index contributed by atoms with van der Waals surface area (Å²) in [6, 6.07) is 18.6. The number of amides is 1. The van der Waals surface area contributed by atoms with Crippen LogP contribution >= 0.6 is 15.9 Å². The maximum Gasteiger partial charge on any atom is 0.253 e. The first-order chi connectivity index (χ1) is 11.6. The minimum absolute atomic E-state index is 0.130. The molecule has 0 aliphatic carbocycles. The van der Waals surface area contributed by atoms with Crippen LogP contribution in [0.4, 0.5) is 0 Å². The maximum atomic E-state index is 12.7. The summed E-state index contributed by atoms with van der Waals surface area (Å²) >= 11 is 3.44. The highest BCUT2D eigenvalue weighted by Crippen LogP contribution is 2.17. The lowest BCUT2D eigenvalue weighted by Gasteiger charge is -2.40. The highest BCUT2D eigenvalue weighted by molar-refractivity contribution is 9.10. The second-order valence-corrected chi connectivity index (χ2v) is 7.30. The lowest BCUT2D eigenvalue weighted by Crippen LogP contribution is -2.54. The van der Waals surface area contributed by atoms with Gasteiger partial charge in [0.1, 0.15) is 0 Å². The molecule has 1 atom stereocenters. The zero-order valence-corrected chi connectivity index (χ0v) is 15.6. The molecule has 1 aliphatic heterocycles. The van der Waals surface area contributed by atoms with Crippen molar-refractivity contribution in [2.24, 2.45) is 0 Å². The number of carbonyl (C=O) groups is 1. The molecule has 0 spiro atoms. The zero-order valence-electron chi connectivity index (χ0n) is 14.0. The minimum Gasteiger partial charge on any atom is -0.336 e. The number of hydrogen-bond donors (Lipinski definition) is 0. The van der Waals surface area contributed by atoms with Gasteiger partial charge in [-0.15, -0.1) is 0 Å². The number of benzene rings is 2. The molecule has 126 valence electrons. The van der Waals surface area contributed by atoms with Crippen LogP contribution in [0.1, 0.15) is 22.8 Å². The molecule has 1 unspecified atom stereocenters. The average molecular weight is 387 g/mol. The van der Waals surface area contributed by atoms with Gasteiger partial charge in [-0.3, -0.25) is 9.69 Å². The van der Waals surface area contributed by atoms with Gasteiger partial charge in [-0.2, -0.15) is 0 Å². The quantitative estimate of drug-likeness (QED) is 0.796. The molecule has 3 nitrogen and oxygen atoms in total. The third-order valence-corrected chi connectivity index (χ3v) is 5.15. The molecule has 1 saturated heterocycles. The summed E-state index contributed by atoms with van der Waals surface area (Å²) in [6.07, 6.45) is 1.06. The van der Waals surface area contributed by atoms with Crippen LogP contribution in [0.5, 0.6) is 0 Å². The van der Waals surface area contributed by atoms with Gasteiger partial charge in [0.25, 0.3) is 5.91 Å². The van der Waals surface area contributed by atoms with Crippen LogP contribution in [-0.4, -0.2) is 47.9 Å². The fourth-order valence-corrected chi connectivity index (χ4v) is 3.63. The van der Waals surface area contributed by atoms with E-state index in [1.807, 2.05) is 29.2 Å². The molecule has 0 bridgehead atoms. The number of carbonyl (C=O) groups excluding carboxylic acids is 1. The van der Waals surface area contributed by atoms with E-state index in [1.165, 1.54) is 5.56 Å². The SMILES string of the molecule is CC1CN(C(=O)c2cccc(Br)c2)CCN1CCc1ccccc1. The Kier molecular flexibility index (Phi) is 5.69. The Labute approximate surface area is 152 Å². The Morgan fingerprint density at radius 1 is 1.12 bits per heavy atom. The van der Waals surface area contributed by atoms with Gasteiger partial charge >= 0.3 is 0 Å². The number of halogens is 1. The van der Waals surface area contributed by atoms with Crippen molar-refractivity contribution in [2.75, 3.05) is 26.2 Å². The van der Waals surface area contributed by atoms with E-state index in [-0.39, 0.29) is 5.91 Å². The van der Waals surface area contributed by atoms with Crippen molar-refractivity contribution in [3.8, 4) is 0 Å². The summed E-state index contributed by atoms with van der Waals surface area (Å²) in [7, 11) is 0. The topological polar surface area (TPSA) is 23.6 Å². The van der Waals surface area contributed by atoms with E-state index in [2.05, 4.69) is 58.1 Å². The van der Waals surface area contributed by atoms with E-state index in [0.717, 1.165) is 42.6 Å². The van der Waals surface area contributed by atoms with Gasteiger partial charge in [-0.05, 0) is 37.1 Å². The first-order valence-electron chi connectivity index (χ1n) is 8.46. The summed E-state index contributed by atoms with van der Waals surface area (Å²) in [5.41, 5.74) is 2.13. The molecule has 2 aromatic carbocycles. The molecule has 3 rings (SSSR count). The van der Waals surface area contributed by atoms with Crippen LogP contribution in [0.25, 0.3) is 0 Å². The lowest BCUT2D eigenvalue weighted by molar-refractivity contribution is 0.0518. The molecular weight excluding hydrogens is 364 g/mol. The second-order valence-electron chi connectivity index (χ2n) is 6.38. The normalized spacial score (nSPS) is 18.6. The van der Waals surface area contributed by atoms with E-state index in [9.17, 15) is 4.79 Å². The van der Waals surface area contributed by atoms with Gasteiger partial charge in [0, 0.05) is 42.3 Å². The number of nitrogens with zero attached hydrogens (tertiary/aromatic N) is 2. The highest BCUT2D eigenvalue weighted by atomic mass is 79.9. The fraction of sp³-hybridized carbons (Fsp3) is 0.350. The summed E-state index contributed by atoms with van der Waals surface area (Å²) in [6.45, 7) is 5.79. The van der Waals surface area contributed by atoms with E-state index < -0.39 is 0 Å². The van der Waals surface area contributed by atoms with Gasteiger partial charge < -0.3 is 4.90 Å². The van der Waals surface area contributed by atoms with E-state index in [0.29, 0.717) is 6.04 Å². The van der Waals surface area contributed by atoms with Crippen LogP contribution < -0.4 is 0 Å². The summed E-state index contributed by atoms with van der Waals surface area (Å²) in [5.74, 6) is 0.130. The Morgan fingerprint density at radius 3 is 2.62 bits per heavy atom. The van der Waals surface area contributed by atoms with Crippen LogP contribution in [0.15, 0.2) is 59.1 Å². The van der Waals surface area contributed by atoms with E-state index in [1.54, 1.807) is 0 Å². The Morgan fingerprint density at radius 2 is 1.92 bits per heavy atom. The fourth-order valence-electron chi connectivity index (χ4n) is 3.23. The van der Waals surface area contributed by atoms with Crippen molar-refractivity contribution < 1.29 is 4.79 Å². The van der Waals surface area contributed by atoms with Gasteiger partial charge in [0.15, 0.2) is 0 Å². The van der Waals surface area contributed by atoms with Crippen molar-refractivity contribution in [2.45, 2.75) is 19.4 Å². The van der Waals surface area contributed by atoms with Crippen LogP contribution in [0.2, 0.25) is 0 Å². The predicted octanol–water partition coefficient (Wildman–Crippen LogP) is 3.84. The molecule has 1 amide bonds. The van der Waals surface area contributed by atoms with Crippen molar-refractivity contribution in [1.29, 1.82) is 0 Å². The first-order valence-corrected chi connectivity index (χ1v) is 9.25. The number of piperazine rings is 1. The number of rotatable bonds is 4. The second kappa shape index (κ2) is 7.95. The number of hydrogen-bond acceptors (Lipinski definition) is 2. The van der Waals surface area contributed by atoms with Crippen molar-refractivity contribution >= 4 is 21.8 Å². The molecular formula is C20H23BrN2O. The summed E-state index contributed by atoms with van der Waals surface area (Å²) in [5, 5.41) is 0. The smallest absolute Gasteiger partial charge is 0.253 e. The minimum atomic E-state index is 0.130. The average Bonchev–Trinajstić information content (AvgIpc) is 2.61. The highest BCUT2D eigenvalue weighted by Gasteiger charge is 2.27. The Hall–Kier alpha value is -1.65.